The summed E-state index contributed by atoms with van der Waals surface area (Å²) in [6.45, 7) is 3.42. The first-order valence-corrected chi connectivity index (χ1v) is 8.41. The van der Waals surface area contributed by atoms with Crippen LogP contribution < -0.4 is 4.74 Å². The largest absolute Gasteiger partial charge is 0.496 e. The van der Waals surface area contributed by atoms with Gasteiger partial charge >= 0.3 is 0 Å². The minimum absolute atomic E-state index is 0.175. The van der Waals surface area contributed by atoms with Gasteiger partial charge in [-0.25, -0.2) is 0 Å². The molecule has 1 saturated carbocycles. The highest BCUT2D eigenvalue weighted by Crippen LogP contribution is 2.27. The van der Waals surface area contributed by atoms with E-state index in [1.165, 1.54) is 0 Å². The molecule has 1 fully saturated rings. The van der Waals surface area contributed by atoms with Crippen LogP contribution in [0.5, 0.6) is 5.75 Å². The van der Waals surface area contributed by atoms with Crippen LogP contribution in [0.25, 0.3) is 11.4 Å². The zero-order chi connectivity index (χ0) is 17.1. The van der Waals surface area contributed by atoms with Crippen molar-refractivity contribution in [2.45, 2.75) is 38.8 Å². The topological polar surface area (TPSA) is 71.6 Å². The summed E-state index contributed by atoms with van der Waals surface area (Å²) < 4.78 is 10.7. The molecule has 6 heteroatoms. The number of hydrogen-bond donors (Lipinski definition) is 1. The molecule has 0 amide bonds. The molecule has 2 unspecified atom stereocenters. The summed E-state index contributed by atoms with van der Waals surface area (Å²) >= 11 is 0. The summed E-state index contributed by atoms with van der Waals surface area (Å²) in [5.41, 5.74) is 1.95. The maximum atomic E-state index is 9.94. The van der Waals surface area contributed by atoms with Crippen LogP contribution in [0.1, 0.15) is 30.7 Å². The normalized spacial score (nSPS) is 20.7. The van der Waals surface area contributed by atoms with Crippen LogP contribution in [0, 0.1) is 12.8 Å². The second kappa shape index (κ2) is 7.32. The highest BCUT2D eigenvalue weighted by atomic mass is 16.5. The van der Waals surface area contributed by atoms with Crippen molar-refractivity contribution in [2.24, 2.45) is 5.92 Å². The molecule has 1 N–H and O–H groups in total. The molecule has 1 aliphatic rings. The van der Waals surface area contributed by atoms with Gasteiger partial charge < -0.3 is 14.4 Å². The fourth-order valence-corrected chi connectivity index (χ4v) is 3.32. The van der Waals surface area contributed by atoms with E-state index in [2.05, 4.69) is 15.0 Å². The number of benzene rings is 1. The molecule has 1 aliphatic carbocycles. The second-order valence-corrected chi connectivity index (χ2v) is 6.65. The standard InChI is InChI=1S/C18H25N3O3/c1-12-7-8-13(9-16(12)23-3)18-19-17(24-20-18)11-21(2)10-14-5-4-6-15(14)22/h7-9,14-15,22H,4-6,10-11H2,1-3H3. The lowest BCUT2D eigenvalue weighted by Crippen LogP contribution is -2.29. The molecule has 24 heavy (non-hydrogen) atoms. The Morgan fingerprint density at radius 1 is 1.38 bits per heavy atom. The first-order chi connectivity index (χ1) is 11.6. The fraction of sp³-hybridized carbons (Fsp3) is 0.556. The lowest BCUT2D eigenvalue weighted by atomic mass is 10.1. The molecule has 1 aromatic heterocycles. The van der Waals surface area contributed by atoms with Crippen molar-refractivity contribution < 1.29 is 14.4 Å². The van der Waals surface area contributed by atoms with Crippen molar-refractivity contribution in [3.8, 4) is 17.1 Å². The van der Waals surface area contributed by atoms with Crippen molar-refractivity contribution in [2.75, 3.05) is 20.7 Å². The average Bonchev–Trinajstić information content (AvgIpc) is 3.18. The van der Waals surface area contributed by atoms with Gasteiger partial charge in [0.15, 0.2) is 0 Å². The Morgan fingerprint density at radius 3 is 2.92 bits per heavy atom. The molecule has 1 aromatic carbocycles. The Morgan fingerprint density at radius 2 is 2.21 bits per heavy atom. The van der Waals surface area contributed by atoms with Gasteiger partial charge in [-0.1, -0.05) is 23.7 Å². The van der Waals surface area contributed by atoms with E-state index in [9.17, 15) is 5.11 Å². The van der Waals surface area contributed by atoms with Crippen LogP contribution >= 0.6 is 0 Å². The highest BCUT2D eigenvalue weighted by molar-refractivity contribution is 5.58. The third kappa shape index (κ3) is 3.76. The summed E-state index contributed by atoms with van der Waals surface area (Å²) in [5.74, 6) is 2.31. The van der Waals surface area contributed by atoms with Gasteiger partial charge in [0.25, 0.3) is 0 Å². The molecule has 3 rings (SSSR count). The van der Waals surface area contributed by atoms with Crippen molar-refractivity contribution in [3.05, 3.63) is 29.7 Å². The van der Waals surface area contributed by atoms with Gasteiger partial charge in [0, 0.05) is 12.1 Å². The van der Waals surface area contributed by atoms with Crippen LogP contribution in [0.15, 0.2) is 22.7 Å². The van der Waals surface area contributed by atoms with Gasteiger partial charge in [0.2, 0.25) is 11.7 Å². The minimum Gasteiger partial charge on any atom is -0.496 e. The fourth-order valence-electron chi connectivity index (χ4n) is 3.32. The summed E-state index contributed by atoms with van der Waals surface area (Å²) in [6, 6.07) is 5.87. The highest BCUT2D eigenvalue weighted by Gasteiger charge is 2.26. The number of hydrogen-bond acceptors (Lipinski definition) is 6. The van der Waals surface area contributed by atoms with Crippen LogP contribution in [0.4, 0.5) is 0 Å². The number of aliphatic hydroxyl groups is 1. The maximum absolute atomic E-state index is 9.94. The van der Waals surface area contributed by atoms with Gasteiger partial charge in [-0.05, 0) is 44.4 Å². The van der Waals surface area contributed by atoms with E-state index in [4.69, 9.17) is 9.26 Å². The molecular formula is C18H25N3O3. The summed E-state index contributed by atoms with van der Waals surface area (Å²) in [6.07, 6.45) is 2.94. The molecule has 0 saturated heterocycles. The van der Waals surface area contributed by atoms with Crippen LogP contribution in [0.2, 0.25) is 0 Å². The van der Waals surface area contributed by atoms with E-state index < -0.39 is 0 Å². The zero-order valence-corrected chi connectivity index (χ0v) is 14.5. The summed E-state index contributed by atoms with van der Waals surface area (Å²) in [4.78, 5) is 6.61. The number of ether oxygens (including phenoxy) is 1. The second-order valence-electron chi connectivity index (χ2n) is 6.65. The predicted octanol–water partition coefficient (Wildman–Crippen LogP) is 2.65. The van der Waals surface area contributed by atoms with Crippen LogP contribution in [-0.2, 0) is 6.54 Å². The Balaban J connectivity index is 1.65. The lowest BCUT2D eigenvalue weighted by Gasteiger charge is -2.21. The van der Waals surface area contributed by atoms with Gasteiger partial charge in [-0.3, -0.25) is 4.90 Å². The van der Waals surface area contributed by atoms with Crippen LogP contribution in [-0.4, -0.2) is 47.0 Å². The van der Waals surface area contributed by atoms with E-state index in [1.807, 2.05) is 32.2 Å². The van der Waals surface area contributed by atoms with E-state index in [0.29, 0.717) is 24.2 Å². The van der Waals surface area contributed by atoms with Gasteiger partial charge in [-0.15, -0.1) is 0 Å². The molecule has 2 aromatic rings. The predicted molar refractivity (Wildman–Crippen MR) is 90.7 cm³/mol. The number of rotatable bonds is 6. The summed E-state index contributed by atoms with van der Waals surface area (Å²) in [5, 5.41) is 14.0. The van der Waals surface area contributed by atoms with E-state index in [1.54, 1.807) is 7.11 Å². The number of aliphatic hydroxyl groups excluding tert-OH is 1. The molecule has 2 atom stereocenters. The van der Waals surface area contributed by atoms with Gasteiger partial charge in [-0.2, -0.15) is 4.98 Å². The molecule has 130 valence electrons. The first-order valence-electron chi connectivity index (χ1n) is 8.41. The minimum atomic E-state index is -0.175. The van der Waals surface area contributed by atoms with Gasteiger partial charge in [0.1, 0.15) is 5.75 Å². The monoisotopic (exact) mass is 331 g/mol. The molecule has 1 heterocycles. The van der Waals surface area contributed by atoms with Crippen molar-refractivity contribution >= 4 is 0 Å². The zero-order valence-electron chi connectivity index (χ0n) is 14.5. The summed E-state index contributed by atoms with van der Waals surface area (Å²) in [7, 11) is 3.67. The van der Waals surface area contributed by atoms with Crippen LogP contribution in [0.3, 0.4) is 0 Å². The quantitative estimate of drug-likeness (QED) is 0.877. The van der Waals surface area contributed by atoms with Crippen molar-refractivity contribution in [1.29, 1.82) is 0 Å². The number of nitrogens with zero attached hydrogens (tertiary/aromatic N) is 3. The van der Waals surface area contributed by atoms with E-state index in [-0.39, 0.29) is 6.10 Å². The Bertz CT molecular complexity index is 686. The number of methoxy groups -OCH3 is 1. The van der Waals surface area contributed by atoms with Crippen molar-refractivity contribution in [3.63, 3.8) is 0 Å². The van der Waals surface area contributed by atoms with E-state index in [0.717, 1.165) is 42.7 Å². The third-order valence-electron chi connectivity index (χ3n) is 4.70. The number of aryl methyl sites for hydroxylation is 1. The Hall–Kier alpha value is -1.92. The molecule has 0 radical (unpaired) electrons. The smallest absolute Gasteiger partial charge is 0.241 e. The molecule has 0 bridgehead atoms. The number of aromatic nitrogens is 2. The molecule has 6 nitrogen and oxygen atoms in total. The molecule has 0 aliphatic heterocycles. The first kappa shape index (κ1) is 16.9. The Kier molecular flexibility index (Phi) is 5.16. The maximum Gasteiger partial charge on any atom is 0.241 e. The average molecular weight is 331 g/mol. The SMILES string of the molecule is COc1cc(-c2noc(CN(C)CC3CCCC3O)n2)ccc1C. The molecular weight excluding hydrogens is 306 g/mol. The third-order valence-corrected chi connectivity index (χ3v) is 4.70. The van der Waals surface area contributed by atoms with Crippen molar-refractivity contribution in [1.82, 2.24) is 15.0 Å². The lowest BCUT2D eigenvalue weighted by molar-refractivity contribution is 0.104. The van der Waals surface area contributed by atoms with Gasteiger partial charge in [0.05, 0.1) is 19.8 Å². The Labute approximate surface area is 142 Å². The van der Waals surface area contributed by atoms with E-state index >= 15 is 0 Å². The molecule has 0 spiro atoms.